The Morgan fingerprint density at radius 1 is 1.73 bits per heavy atom. The Morgan fingerprint density at radius 3 is 2.73 bits per heavy atom. The van der Waals surface area contributed by atoms with Crippen molar-refractivity contribution in [2.24, 2.45) is 0 Å². The maximum atomic E-state index is 10.9. The maximum absolute atomic E-state index is 10.9. The van der Waals surface area contributed by atoms with Crippen LogP contribution < -0.4 is 10.6 Å². The molecular weight excluding hydrogens is 148 g/mol. The summed E-state index contributed by atoms with van der Waals surface area (Å²) < 4.78 is 0. The largest absolute Gasteiger partial charge is 0.358 e. The molecule has 0 saturated carbocycles. The molecule has 0 aliphatic carbocycles. The minimum Gasteiger partial charge on any atom is -0.358 e. The van der Waals surface area contributed by atoms with Crippen LogP contribution in [0, 0.1) is 0 Å². The molecule has 4 N–H and O–H groups in total. The summed E-state index contributed by atoms with van der Waals surface area (Å²) in [4.78, 5) is 10.9. The fraction of sp³-hybridized carbons (Fsp3) is 0.833. The molecule has 0 radical (unpaired) electrons. The zero-order valence-electron chi connectivity index (χ0n) is 6.29. The van der Waals surface area contributed by atoms with Crippen molar-refractivity contribution in [1.82, 2.24) is 10.6 Å². The monoisotopic (exact) mass is 160 g/mol. The summed E-state index contributed by atoms with van der Waals surface area (Å²) in [5.41, 5.74) is 0. The normalized spacial score (nSPS) is 28.5. The predicted octanol–water partition coefficient (Wildman–Crippen LogP) is -1.88. The molecule has 64 valence electrons. The Morgan fingerprint density at radius 2 is 2.36 bits per heavy atom. The maximum Gasteiger partial charge on any atom is 0.237 e. The van der Waals surface area contributed by atoms with Crippen molar-refractivity contribution in [1.29, 1.82) is 0 Å². The second kappa shape index (κ2) is 2.77. The van der Waals surface area contributed by atoms with Gasteiger partial charge < -0.3 is 15.5 Å². The van der Waals surface area contributed by atoms with Crippen molar-refractivity contribution in [3.63, 3.8) is 0 Å². The smallest absolute Gasteiger partial charge is 0.237 e. The summed E-state index contributed by atoms with van der Waals surface area (Å²) in [6, 6.07) is -0.477. The standard InChI is InChI=1S/C6H12N2O3/c1-7-5(9)4-2-3-6(10,11)8-4/h4,8,10-11H,2-3H2,1H3,(H,7,9). The molecule has 5 nitrogen and oxygen atoms in total. The predicted molar refractivity (Wildman–Crippen MR) is 37.4 cm³/mol. The molecule has 1 amide bonds. The highest BCUT2D eigenvalue weighted by Crippen LogP contribution is 2.17. The fourth-order valence-electron chi connectivity index (χ4n) is 1.14. The first-order valence-corrected chi connectivity index (χ1v) is 3.49. The zero-order valence-corrected chi connectivity index (χ0v) is 6.29. The van der Waals surface area contributed by atoms with E-state index in [2.05, 4.69) is 10.6 Å². The Labute approximate surface area is 64.4 Å². The number of likely N-dealkylation sites (N-methyl/N-ethyl adjacent to an activating group) is 1. The van der Waals surface area contributed by atoms with Crippen LogP contribution in [-0.2, 0) is 4.79 Å². The third-order valence-corrected chi connectivity index (χ3v) is 1.75. The molecule has 1 heterocycles. The Bertz CT molecular complexity index is 169. The molecule has 1 saturated heterocycles. The van der Waals surface area contributed by atoms with Crippen LogP contribution >= 0.6 is 0 Å². The van der Waals surface area contributed by atoms with E-state index in [1.165, 1.54) is 7.05 Å². The molecule has 1 aliphatic rings. The highest BCUT2D eigenvalue weighted by atomic mass is 16.5. The minimum atomic E-state index is -1.86. The number of amides is 1. The molecule has 0 aromatic rings. The lowest BCUT2D eigenvalue weighted by Gasteiger charge is -2.16. The lowest BCUT2D eigenvalue weighted by Crippen LogP contribution is -2.48. The van der Waals surface area contributed by atoms with Crippen molar-refractivity contribution in [2.75, 3.05) is 7.05 Å². The first-order valence-electron chi connectivity index (χ1n) is 3.49. The number of hydrogen-bond donors (Lipinski definition) is 4. The van der Waals surface area contributed by atoms with Gasteiger partial charge in [0.05, 0.1) is 6.04 Å². The van der Waals surface area contributed by atoms with E-state index in [4.69, 9.17) is 10.2 Å². The molecule has 5 heteroatoms. The lowest BCUT2D eigenvalue weighted by molar-refractivity contribution is -0.175. The fourth-order valence-corrected chi connectivity index (χ4v) is 1.14. The van der Waals surface area contributed by atoms with Crippen LogP contribution in [0.4, 0.5) is 0 Å². The first-order chi connectivity index (χ1) is 5.05. The van der Waals surface area contributed by atoms with Gasteiger partial charge in [-0.3, -0.25) is 10.1 Å². The summed E-state index contributed by atoms with van der Waals surface area (Å²) in [5.74, 6) is -2.08. The van der Waals surface area contributed by atoms with E-state index in [-0.39, 0.29) is 12.3 Å². The number of nitrogens with one attached hydrogen (secondary N) is 2. The zero-order chi connectivity index (χ0) is 8.48. The third-order valence-electron chi connectivity index (χ3n) is 1.75. The molecule has 1 unspecified atom stereocenters. The number of hydrogen-bond acceptors (Lipinski definition) is 4. The molecule has 1 fully saturated rings. The van der Waals surface area contributed by atoms with Gasteiger partial charge >= 0.3 is 0 Å². The van der Waals surface area contributed by atoms with Crippen LogP contribution in [-0.4, -0.2) is 35.1 Å². The molecule has 0 aromatic heterocycles. The lowest BCUT2D eigenvalue weighted by atomic mass is 10.2. The van der Waals surface area contributed by atoms with Crippen molar-refractivity contribution >= 4 is 5.91 Å². The number of carbonyl (C=O) groups is 1. The quantitative estimate of drug-likeness (QED) is 0.338. The average molecular weight is 160 g/mol. The molecule has 11 heavy (non-hydrogen) atoms. The van der Waals surface area contributed by atoms with Gasteiger partial charge in [0.2, 0.25) is 11.8 Å². The van der Waals surface area contributed by atoms with Crippen LogP contribution in [0.25, 0.3) is 0 Å². The highest BCUT2D eigenvalue weighted by Gasteiger charge is 2.37. The number of aliphatic hydroxyl groups is 2. The molecule has 0 spiro atoms. The van der Waals surface area contributed by atoms with Crippen LogP contribution in [0.1, 0.15) is 12.8 Å². The van der Waals surface area contributed by atoms with E-state index in [1.54, 1.807) is 0 Å². The van der Waals surface area contributed by atoms with Gasteiger partial charge in [-0.2, -0.15) is 0 Å². The third kappa shape index (κ3) is 1.89. The molecule has 0 bridgehead atoms. The summed E-state index contributed by atoms with van der Waals surface area (Å²) in [7, 11) is 1.51. The second-order valence-electron chi connectivity index (χ2n) is 2.67. The molecular formula is C6H12N2O3. The van der Waals surface area contributed by atoms with E-state index in [0.29, 0.717) is 6.42 Å². The van der Waals surface area contributed by atoms with Crippen molar-refractivity contribution in [3.8, 4) is 0 Å². The van der Waals surface area contributed by atoms with Gasteiger partial charge in [-0.05, 0) is 6.42 Å². The van der Waals surface area contributed by atoms with E-state index < -0.39 is 12.0 Å². The average Bonchev–Trinajstić information content (AvgIpc) is 2.29. The number of carbonyl (C=O) groups excluding carboxylic acids is 1. The Hall–Kier alpha value is -0.650. The van der Waals surface area contributed by atoms with Gasteiger partial charge in [-0.25, -0.2) is 0 Å². The van der Waals surface area contributed by atoms with Crippen molar-refractivity contribution in [3.05, 3.63) is 0 Å². The molecule has 1 aliphatic heterocycles. The Kier molecular flexibility index (Phi) is 2.12. The summed E-state index contributed by atoms with van der Waals surface area (Å²) in [5, 5.41) is 22.7. The Balaban J connectivity index is 2.48. The van der Waals surface area contributed by atoms with E-state index >= 15 is 0 Å². The van der Waals surface area contributed by atoms with Gasteiger partial charge in [0, 0.05) is 13.5 Å². The second-order valence-corrected chi connectivity index (χ2v) is 2.67. The van der Waals surface area contributed by atoms with Gasteiger partial charge in [0.25, 0.3) is 0 Å². The summed E-state index contributed by atoms with van der Waals surface area (Å²) >= 11 is 0. The van der Waals surface area contributed by atoms with Crippen molar-refractivity contribution in [2.45, 2.75) is 24.8 Å². The minimum absolute atomic E-state index is 0.186. The van der Waals surface area contributed by atoms with Crippen LogP contribution in [0.15, 0.2) is 0 Å². The summed E-state index contributed by atoms with van der Waals surface area (Å²) in [6.07, 6.45) is 0.637. The molecule has 0 aromatic carbocycles. The van der Waals surface area contributed by atoms with Gasteiger partial charge in [-0.15, -0.1) is 0 Å². The molecule has 1 rings (SSSR count). The van der Waals surface area contributed by atoms with Gasteiger partial charge in [-0.1, -0.05) is 0 Å². The SMILES string of the molecule is CNC(=O)C1CCC(O)(O)N1. The van der Waals surface area contributed by atoms with Crippen molar-refractivity contribution < 1.29 is 15.0 Å². The number of rotatable bonds is 1. The van der Waals surface area contributed by atoms with E-state index in [1.807, 2.05) is 0 Å². The van der Waals surface area contributed by atoms with E-state index in [9.17, 15) is 4.79 Å². The first kappa shape index (κ1) is 8.45. The summed E-state index contributed by atoms with van der Waals surface area (Å²) in [6.45, 7) is 0. The van der Waals surface area contributed by atoms with Gasteiger partial charge in [0.15, 0.2) is 0 Å². The van der Waals surface area contributed by atoms with Crippen LogP contribution in [0.2, 0.25) is 0 Å². The topological polar surface area (TPSA) is 81.6 Å². The van der Waals surface area contributed by atoms with Crippen LogP contribution in [0.5, 0.6) is 0 Å². The van der Waals surface area contributed by atoms with Gasteiger partial charge in [0.1, 0.15) is 0 Å². The highest BCUT2D eigenvalue weighted by molar-refractivity contribution is 5.81. The van der Waals surface area contributed by atoms with E-state index in [0.717, 1.165) is 0 Å². The van der Waals surface area contributed by atoms with Crippen LogP contribution in [0.3, 0.4) is 0 Å². The molecule has 1 atom stereocenters.